The number of hydrogen-bond acceptors (Lipinski definition) is 3. The Balaban J connectivity index is 1.45. The molecule has 0 aliphatic carbocycles. The molecule has 1 aliphatic heterocycles. The summed E-state index contributed by atoms with van der Waals surface area (Å²) in [6.45, 7) is 5.68. The van der Waals surface area contributed by atoms with Crippen LogP contribution in [0.15, 0.2) is 42.5 Å². The largest absolute Gasteiger partial charge is 0.326 e. The summed E-state index contributed by atoms with van der Waals surface area (Å²) < 4.78 is 12.9. The van der Waals surface area contributed by atoms with E-state index >= 15 is 0 Å². The second-order valence-corrected chi connectivity index (χ2v) is 7.41. The van der Waals surface area contributed by atoms with E-state index in [1.807, 2.05) is 30.9 Å². The Morgan fingerprint density at radius 1 is 1.04 bits per heavy atom. The fraction of sp³-hybridized carbons (Fsp3) is 0.364. The molecule has 2 aromatic rings. The van der Waals surface area contributed by atoms with Crippen molar-refractivity contribution in [2.24, 2.45) is 5.92 Å². The van der Waals surface area contributed by atoms with Gasteiger partial charge in [0.1, 0.15) is 5.82 Å². The number of nitrogens with one attached hydrogen (secondary N) is 2. The zero-order valence-corrected chi connectivity index (χ0v) is 16.3. The van der Waals surface area contributed by atoms with Crippen LogP contribution in [0.3, 0.4) is 0 Å². The Labute approximate surface area is 164 Å². The van der Waals surface area contributed by atoms with Gasteiger partial charge in [-0.2, -0.15) is 0 Å². The molecule has 28 heavy (non-hydrogen) atoms. The number of piperidine rings is 1. The van der Waals surface area contributed by atoms with Crippen molar-refractivity contribution in [1.29, 1.82) is 0 Å². The van der Waals surface area contributed by atoms with E-state index in [9.17, 15) is 14.0 Å². The number of halogens is 1. The van der Waals surface area contributed by atoms with Crippen molar-refractivity contribution in [2.45, 2.75) is 26.7 Å². The van der Waals surface area contributed by atoms with Gasteiger partial charge < -0.3 is 10.6 Å². The molecule has 5 nitrogen and oxygen atoms in total. The highest BCUT2D eigenvalue weighted by Crippen LogP contribution is 2.22. The van der Waals surface area contributed by atoms with E-state index in [4.69, 9.17) is 0 Å². The molecule has 2 aromatic carbocycles. The van der Waals surface area contributed by atoms with Gasteiger partial charge in [-0.3, -0.25) is 14.5 Å². The van der Waals surface area contributed by atoms with Crippen LogP contribution in [-0.4, -0.2) is 36.3 Å². The molecule has 0 aromatic heterocycles. The fourth-order valence-electron chi connectivity index (χ4n) is 3.48. The predicted molar refractivity (Wildman–Crippen MR) is 109 cm³/mol. The summed E-state index contributed by atoms with van der Waals surface area (Å²) in [7, 11) is 0. The average Bonchev–Trinajstić information content (AvgIpc) is 2.66. The normalized spacial score (nSPS) is 15.2. The minimum Gasteiger partial charge on any atom is -0.326 e. The summed E-state index contributed by atoms with van der Waals surface area (Å²) >= 11 is 0. The first-order valence-corrected chi connectivity index (χ1v) is 9.56. The van der Waals surface area contributed by atoms with Gasteiger partial charge >= 0.3 is 0 Å². The maximum Gasteiger partial charge on any atom is 0.238 e. The molecule has 1 aliphatic rings. The lowest BCUT2D eigenvalue weighted by Crippen LogP contribution is -2.41. The third-order valence-electron chi connectivity index (χ3n) is 5.09. The summed E-state index contributed by atoms with van der Waals surface area (Å²) in [6, 6.07) is 11.7. The van der Waals surface area contributed by atoms with E-state index in [1.165, 1.54) is 29.8 Å². The van der Waals surface area contributed by atoms with Crippen LogP contribution < -0.4 is 10.6 Å². The van der Waals surface area contributed by atoms with Gasteiger partial charge in [-0.05, 0) is 75.7 Å². The smallest absolute Gasteiger partial charge is 0.238 e. The van der Waals surface area contributed by atoms with Crippen molar-refractivity contribution in [3.8, 4) is 0 Å². The van der Waals surface area contributed by atoms with Crippen LogP contribution in [0.5, 0.6) is 0 Å². The molecule has 6 heteroatoms. The lowest BCUT2D eigenvalue weighted by Gasteiger charge is -2.30. The number of aryl methyl sites for hydroxylation is 2. The Morgan fingerprint density at radius 2 is 1.71 bits per heavy atom. The Morgan fingerprint density at radius 3 is 2.36 bits per heavy atom. The van der Waals surface area contributed by atoms with Crippen molar-refractivity contribution < 1.29 is 14.0 Å². The molecular weight excluding hydrogens is 357 g/mol. The average molecular weight is 383 g/mol. The van der Waals surface area contributed by atoms with E-state index in [0.29, 0.717) is 18.8 Å². The Kier molecular flexibility index (Phi) is 6.41. The summed E-state index contributed by atoms with van der Waals surface area (Å²) in [5.41, 5.74) is 3.66. The number of carbonyl (C=O) groups excluding carboxylic acids is 2. The maximum atomic E-state index is 12.9. The molecule has 0 spiro atoms. The molecular formula is C22H26FN3O2. The van der Waals surface area contributed by atoms with Crippen LogP contribution in [0.1, 0.15) is 24.0 Å². The third-order valence-corrected chi connectivity index (χ3v) is 5.09. The van der Waals surface area contributed by atoms with E-state index in [1.54, 1.807) is 0 Å². The first-order valence-electron chi connectivity index (χ1n) is 9.56. The zero-order valence-electron chi connectivity index (χ0n) is 16.3. The van der Waals surface area contributed by atoms with E-state index < -0.39 is 0 Å². The van der Waals surface area contributed by atoms with Crippen molar-refractivity contribution in [2.75, 3.05) is 30.3 Å². The molecule has 0 saturated carbocycles. The lowest BCUT2D eigenvalue weighted by molar-refractivity contribution is -0.121. The van der Waals surface area contributed by atoms with Crippen molar-refractivity contribution in [1.82, 2.24) is 4.90 Å². The number of nitrogens with zero attached hydrogens (tertiary/aromatic N) is 1. The minimum atomic E-state index is -0.334. The summed E-state index contributed by atoms with van der Waals surface area (Å²) in [5.74, 6) is -0.469. The Bertz CT molecular complexity index is 843. The van der Waals surface area contributed by atoms with Crippen molar-refractivity contribution >= 4 is 23.2 Å². The highest BCUT2D eigenvalue weighted by molar-refractivity contribution is 5.93. The minimum absolute atomic E-state index is 0.0439. The quantitative estimate of drug-likeness (QED) is 0.827. The van der Waals surface area contributed by atoms with Crippen LogP contribution in [0, 0.1) is 25.6 Å². The Hall–Kier alpha value is -2.73. The maximum absolute atomic E-state index is 12.9. The molecule has 0 atom stereocenters. The first kappa shape index (κ1) is 20.0. The summed E-state index contributed by atoms with van der Waals surface area (Å²) in [6.07, 6.45) is 1.45. The lowest BCUT2D eigenvalue weighted by atomic mass is 9.95. The van der Waals surface area contributed by atoms with Gasteiger partial charge in [-0.15, -0.1) is 0 Å². The number of anilines is 2. The molecule has 1 saturated heterocycles. The fourth-order valence-corrected chi connectivity index (χ4v) is 3.48. The summed E-state index contributed by atoms with van der Waals surface area (Å²) in [4.78, 5) is 26.8. The number of carbonyl (C=O) groups is 2. The molecule has 3 rings (SSSR count). The molecule has 1 heterocycles. The zero-order chi connectivity index (χ0) is 20.1. The SMILES string of the molecule is Cc1ccc(NC(=O)C2CCN(CC(=O)Nc3ccc(F)cc3)CC2)c(C)c1. The van der Waals surface area contributed by atoms with Crippen LogP contribution in [0.4, 0.5) is 15.8 Å². The van der Waals surface area contributed by atoms with Gasteiger partial charge in [-0.25, -0.2) is 4.39 Å². The second kappa shape index (κ2) is 8.97. The molecule has 0 unspecified atom stereocenters. The van der Waals surface area contributed by atoms with Gasteiger partial charge in [0.2, 0.25) is 11.8 Å². The number of likely N-dealkylation sites (tertiary alicyclic amines) is 1. The van der Waals surface area contributed by atoms with Crippen molar-refractivity contribution in [3.05, 3.63) is 59.4 Å². The van der Waals surface area contributed by atoms with E-state index in [2.05, 4.69) is 16.7 Å². The van der Waals surface area contributed by atoms with Gasteiger partial charge in [-0.1, -0.05) is 17.7 Å². The van der Waals surface area contributed by atoms with E-state index in [-0.39, 0.29) is 30.1 Å². The van der Waals surface area contributed by atoms with Crippen LogP contribution >= 0.6 is 0 Å². The van der Waals surface area contributed by atoms with Gasteiger partial charge in [0.25, 0.3) is 0 Å². The molecule has 0 bridgehead atoms. The third kappa shape index (κ3) is 5.39. The van der Waals surface area contributed by atoms with Gasteiger partial charge in [0.15, 0.2) is 0 Å². The van der Waals surface area contributed by atoms with Crippen LogP contribution in [0.2, 0.25) is 0 Å². The van der Waals surface area contributed by atoms with Gasteiger partial charge in [0.05, 0.1) is 6.54 Å². The molecule has 1 fully saturated rings. The van der Waals surface area contributed by atoms with Crippen LogP contribution in [0.25, 0.3) is 0 Å². The standard InChI is InChI=1S/C22H26FN3O2/c1-15-3-8-20(16(2)13-15)25-22(28)17-9-11-26(12-10-17)14-21(27)24-19-6-4-18(23)5-7-19/h3-8,13,17H,9-12,14H2,1-2H3,(H,24,27)(H,25,28). The highest BCUT2D eigenvalue weighted by atomic mass is 19.1. The second-order valence-electron chi connectivity index (χ2n) is 7.41. The molecule has 148 valence electrons. The summed E-state index contributed by atoms with van der Waals surface area (Å²) in [5, 5.41) is 5.80. The number of amides is 2. The monoisotopic (exact) mass is 383 g/mol. The first-order chi connectivity index (χ1) is 13.4. The highest BCUT2D eigenvalue weighted by Gasteiger charge is 2.26. The van der Waals surface area contributed by atoms with E-state index in [0.717, 1.165) is 24.1 Å². The predicted octanol–water partition coefficient (Wildman–Crippen LogP) is 3.73. The van der Waals surface area contributed by atoms with Gasteiger partial charge in [0, 0.05) is 17.3 Å². The van der Waals surface area contributed by atoms with Crippen LogP contribution in [-0.2, 0) is 9.59 Å². The number of rotatable bonds is 5. The number of hydrogen-bond donors (Lipinski definition) is 2. The van der Waals surface area contributed by atoms with Crippen molar-refractivity contribution in [3.63, 3.8) is 0 Å². The molecule has 2 N–H and O–H groups in total. The topological polar surface area (TPSA) is 61.4 Å². The molecule has 0 radical (unpaired) electrons. The molecule has 2 amide bonds. The number of benzene rings is 2.